The first-order valence-corrected chi connectivity index (χ1v) is 6.67. The van der Waals surface area contributed by atoms with E-state index in [1.54, 1.807) is 0 Å². The Morgan fingerprint density at radius 3 is 2.95 bits per heavy atom. The summed E-state index contributed by atoms with van der Waals surface area (Å²) < 4.78 is 6.02. The topological polar surface area (TPSA) is 25.2 Å². The van der Waals surface area contributed by atoms with E-state index in [0.717, 1.165) is 29.9 Å². The molecule has 2 heterocycles. The van der Waals surface area contributed by atoms with E-state index in [-0.39, 0.29) is 0 Å². The molecule has 0 saturated carbocycles. The van der Waals surface area contributed by atoms with Crippen LogP contribution >= 0.6 is 0 Å². The van der Waals surface area contributed by atoms with Crippen molar-refractivity contribution in [1.29, 1.82) is 0 Å². The Bertz CT molecular complexity index is 770. The fraction of sp³-hybridized carbons (Fsp3) is 0.176. The van der Waals surface area contributed by atoms with Crippen molar-refractivity contribution in [2.24, 2.45) is 0 Å². The van der Waals surface area contributed by atoms with Gasteiger partial charge in [0.2, 0.25) is 0 Å². The SMILES string of the molecule is Cc1cccc2cc(-c3ccc4c(c3)CCN4)oc12. The normalized spacial score (nSPS) is 13.5. The van der Waals surface area contributed by atoms with Gasteiger partial charge in [-0.2, -0.15) is 0 Å². The van der Waals surface area contributed by atoms with Crippen LogP contribution in [0.25, 0.3) is 22.3 Å². The van der Waals surface area contributed by atoms with Crippen molar-refractivity contribution in [2.45, 2.75) is 13.3 Å². The minimum absolute atomic E-state index is 0.957. The maximum Gasteiger partial charge on any atom is 0.137 e. The van der Waals surface area contributed by atoms with Crippen molar-refractivity contribution >= 4 is 16.7 Å². The molecule has 1 aliphatic heterocycles. The van der Waals surface area contributed by atoms with Crippen molar-refractivity contribution in [3.05, 3.63) is 53.6 Å². The smallest absolute Gasteiger partial charge is 0.137 e. The van der Waals surface area contributed by atoms with E-state index in [2.05, 4.69) is 54.7 Å². The first kappa shape index (κ1) is 10.7. The molecule has 1 N–H and O–H groups in total. The summed E-state index contributed by atoms with van der Waals surface area (Å²) in [5, 5.41) is 4.56. The molecule has 0 bridgehead atoms. The van der Waals surface area contributed by atoms with Gasteiger partial charge in [-0.3, -0.25) is 0 Å². The minimum Gasteiger partial charge on any atom is -0.456 e. The van der Waals surface area contributed by atoms with Gasteiger partial charge in [0.1, 0.15) is 11.3 Å². The van der Waals surface area contributed by atoms with E-state index >= 15 is 0 Å². The Morgan fingerprint density at radius 2 is 2.05 bits per heavy atom. The summed E-state index contributed by atoms with van der Waals surface area (Å²) >= 11 is 0. The van der Waals surface area contributed by atoms with Crippen LogP contribution in [0.2, 0.25) is 0 Å². The van der Waals surface area contributed by atoms with Crippen LogP contribution in [0.1, 0.15) is 11.1 Å². The second-order valence-electron chi connectivity index (χ2n) is 5.15. The van der Waals surface area contributed by atoms with E-state index in [4.69, 9.17) is 4.42 Å². The molecule has 0 amide bonds. The number of para-hydroxylation sites is 1. The zero-order valence-corrected chi connectivity index (χ0v) is 10.9. The molecule has 4 rings (SSSR count). The number of aryl methyl sites for hydroxylation is 1. The highest BCUT2D eigenvalue weighted by atomic mass is 16.3. The Morgan fingerprint density at radius 1 is 1.11 bits per heavy atom. The second kappa shape index (κ2) is 3.89. The molecule has 0 atom stereocenters. The standard InChI is InChI=1S/C17H15NO/c1-11-3-2-4-14-10-16(19-17(11)14)13-5-6-15-12(9-13)7-8-18-15/h2-6,9-10,18H,7-8H2,1H3. The number of hydrogen-bond donors (Lipinski definition) is 1. The molecular weight excluding hydrogens is 234 g/mol. The monoisotopic (exact) mass is 249 g/mol. The lowest BCUT2D eigenvalue weighted by molar-refractivity contribution is 0.629. The van der Waals surface area contributed by atoms with Crippen molar-refractivity contribution in [3.8, 4) is 11.3 Å². The van der Waals surface area contributed by atoms with E-state index in [1.807, 2.05) is 0 Å². The molecule has 0 unspecified atom stereocenters. The summed E-state index contributed by atoms with van der Waals surface area (Å²) in [6.45, 7) is 3.13. The fourth-order valence-corrected chi connectivity index (χ4v) is 2.81. The van der Waals surface area contributed by atoms with Gasteiger partial charge in [0, 0.05) is 23.2 Å². The number of furan rings is 1. The largest absolute Gasteiger partial charge is 0.456 e. The molecule has 0 aliphatic carbocycles. The molecule has 94 valence electrons. The third-order valence-corrected chi connectivity index (χ3v) is 3.84. The predicted molar refractivity (Wildman–Crippen MR) is 78.6 cm³/mol. The maximum atomic E-state index is 6.02. The Balaban J connectivity index is 1.88. The molecule has 1 aromatic heterocycles. The van der Waals surface area contributed by atoms with E-state index in [1.165, 1.54) is 22.2 Å². The van der Waals surface area contributed by atoms with Crippen LogP contribution in [0.4, 0.5) is 5.69 Å². The third kappa shape index (κ3) is 1.64. The molecule has 2 nitrogen and oxygen atoms in total. The second-order valence-corrected chi connectivity index (χ2v) is 5.15. The maximum absolute atomic E-state index is 6.02. The van der Waals surface area contributed by atoms with Gasteiger partial charge in [-0.1, -0.05) is 18.2 Å². The van der Waals surface area contributed by atoms with Crippen molar-refractivity contribution in [1.82, 2.24) is 0 Å². The van der Waals surface area contributed by atoms with Crippen LogP contribution in [0.3, 0.4) is 0 Å². The van der Waals surface area contributed by atoms with Gasteiger partial charge in [0.25, 0.3) is 0 Å². The fourth-order valence-electron chi connectivity index (χ4n) is 2.81. The average Bonchev–Trinajstić information content (AvgIpc) is 3.04. The summed E-state index contributed by atoms with van der Waals surface area (Å²) in [6, 6.07) is 14.9. The van der Waals surface area contributed by atoms with Crippen molar-refractivity contribution in [2.75, 3.05) is 11.9 Å². The lowest BCUT2D eigenvalue weighted by Gasteiger charge is -2.02. The summed E-state index contributed by atoms with van der Waals surface area (Å²) in [7, 11) is 0. The van der Waals surface area contributed by atoms with Gasteiger partial charge < -0.3 is 9.73 Å². The number of nitrogens with one attached hydrogen (secondary N) is 1. The molecule has 0 saturated heterocycles. The summed E-state index contributed by atoms with van der Waals surface area (Å²) in [5.41, 5.74) is 5.99. The van der Waals surface area contributed by atoms with Crippen LogP contribution in [-0.2, 0) is 6.42 Å². The number of fused-ring (bicyclic) bond motifs is 2. The minimum atomic E-state index is 0.957. The molecule has 1 aliphatic rings. The van der Waals surface area contributed by atoms with E-state index in [9.17, 15) is 0 Å². The lowest BCUT2D eigenvalue weighted by atomic mass is 10.1. The predicted octanol–water partition coefficient (Wildman–Crippen LogP) is 4.38. The average molecular weight is 249 g/mol. The van der Waals surface area contributed by atoms with E-state index < -0.39 is 0 Å². The van der Waals surface area contributed by atoms with Crippen molar-refractivity contribution in [3.63, 3.8) is 0 Å². The van der Waals surface area contributed by atoms with Gasteiger partial charge in [-0.15, -0.1) is 0 Å². The number of rotatable bonds is 1. The van der Waals surface area contributed by atoms with Gasteiger partial charge in [-0.25, -0.2) is 0 Å². The zero-order chi connectivity index (χ0) is 12.8. The number of hydrogen-bond acceptors (Lipinski definition) is 2. The Hall–Kier alpha value is -2.22. The molecular formula is C17H15NO. The van der Waals surface area contributed by atoms with Gasteiger partial charge in [0.15, 0.2) is 0 Å². The number of anilines is 1. The highest BCUT2D eigenvalue weighted by Gasteiger charge is 2.13. The van der Waals surface area contributed by atoms with Crippen LogP contribution in [-0.4, -0.2) is 6.54 Å². The lowest BCUT2D eigenvalue weighted by Crippen LogP contribution is -1.90. The van der Waals surface area contributed by atoms with Crippen LogP contribution in [0, 0.1) is 6.92 Å². The quantitative estimate of drug-likeness (QED) is 0.692. The van der Waals surface area contributed by atoms with Gasteiger partial charge in [0.05, 0.1) is 0 Å². The van der Waals surface area contributed by atoms with Crippen molar-refractivity contribution < 1.29 is 4.42 Å². The summed E-state index contributed by atoms with van der Waals surface area (Å²) in [5.74, 6) is 0.957. The molecule has 2 aromatic carbocycles. The number of benzene rings is 2. The van der Waals surface area contributed by atoms with Crippen LogP contribution < -0.4 is 5.32 Å². The van der Waals surface area contributed by atoms with Crippen LogP contribution in [0.5, 0.6) is 0 Å². The molecule has 0 spiro atoms. The summed E-state index contributed by atoms with van der Waals surface area (Å²) in [4.78, 5) is 0. The van der Waals surface area contributed by atoms with E-state index in [0.29, 0.717) is 0 Å². The third-order valence-electron chi connectivity index (χ3n) is 3.84. The van der Waals surface area contributed by atoms with Gasteiger partial charge >= 0.3 is 0 Å². The molecule has 19 heavy (non-hydrogen) atoms. The molecule has 0 fully saturated rings. The zero-order valence-electron chi connectivity index (χ0n) is 10.9. The summed E-state index contributed by atoms with van der Waals surface area (Å²) in [6.07, 6.45) is 1.10. The van der Waals surface area contributed by atoms with Crippen LogP contribution in [0.15, 0.2) is 46.9 Å². The highest BCUT2D eigenvalue weighted by molar-refractivity contribution is 5.85. The molecule has 0 radical (unpaired) electrons. The Labute approximate surface area is 112 Å². The highest BCUT2D eigenvalue weighted by Crippen LogP contribution is 2.32. The first-order valence-electron chi connectivity index (χ1n) is 6.67. The molecule has 3 aromatic rings. The van der Waals surface area contributed by atoms with Gasteiger partial charge in [-0.05, 0) is 48.7 Å². The Kier molecular flexibility index (Phi) is 2.18. The first-order chi connectivity index (χ1) is 9.31. The molecule has 2 heteroatoms.